The second-order valence-electron chi connectivity index (χ2n) is 3.56. The molecular weight excluding hydrogens is 212 g/mol. The number of rotatable bonds is 6. The molecule has 0 radical (unpaired) electrons. The van der Waals surface area contributed by atoms with Gasteiger partial charge < -0.3 is 18.9 Å². The summed E-state index contributed by atoms with van der Waals surface area (Å²) in [5, 5.41) is 0. The molecule has 16 heavy (non-hydrogen) atoms. The van der Waals surface area contributed by atoms with Crippen molar-refractivity contribution in [3.05, 3.63) is 24.0 Å². The molecule has 0 aliphatic carbocycles. The molecule has 5 nitrogen and oxygen atoms in total. The molecule has 0 bridgehead atoms. The van der Waals surface area contributed by atoms with E-state index < -0.39 is 0 Å². The van der Waals surface area contributed by atoms with Crippen LogP contribution in [0.25, 0.3) is 0 Å². The van der Waals surface area contributed by atoms with Gasteiger partial charge in [-0.25, -0.2) is 0 Å². The molecule has 2 heterocycles. The van der Waals surface area contributed by atoms with Crippen LogP contribution >= 0.6 is 0 Å². The first-order valence-corrected chi connectivity index (χ1v) is 5.23. The van der Waals surface area contributed by atoms with Crippen LogP contribution in [0.5, 0.6) is 0 Å². The Kier molecular flexibility index (Phi) is 3.69. The predicted octanol–water partition coefficient (Wildman–Crippen LogP) is 1.81. The molecule has 5 heteroatoms. The van der Waals surface area contributed by atoms with Gasteiger partial charge in [-0.3, -0.25) is 4.79 Å². The van der Waals surface area contributed by atoms with Crippen molar-refractivity contribution >= 4 is 5.78 Å². The second-order valence-corrected chi connectivity index (χ2v) is 3.56. The molecule has 0 aromatic rings. The zero-order valence-electron chi connectivity index (χ0n) is 8.94. The molecule has 2 aliphatic heterocycles. The van der Waals surface area contributed by atoms with Crippen molar-refractivity contribution in [2.75, 3.05) is 13.6 Å². The average molecular weight is 226 g/mol. The van der Waals surface area contributed by atoms with Gasteiger partial charge in [-0.15, -0.1) is 0 Å². The first-order chi connectivity index (χ1) is 7.84. The van der Waals surface area contributed by atoms with Crippen molar-refractivity contribution in [2.45, 2.75) is 25.7 Å². The normalized spacial score (nSPS) is 17.8. The number of ketones is 1. The molecule has 0 spiro atoms. The molecule has 0 amide bonds. The average Bonchev–Trinajstić information content (AvgIpc) is 2.96. The standard InChI is InChI=1S/C11H14O5/c12-9(1-3-10-5-13-7-15-10)2-4-11-6-14-8-16-11/h5-6H,1-4,7-8H2. The van der Waals surface area contributed by atoms with E-state index in [0.717, 1.165) is 11.5 Å². The van der Waals surface area contributed by atoms with E-state index in [2.05, 4.69) is 0 Å². The highest BCUT2D eigenvalue weighted by Gasteiger charge is 2.12. The smallest absolute Gasteiger partial charge is 0.229 e. The van der Waals surface area contributed by atoms with E-state index in [9.17, 15) is 4.79 Å². The molecule has 0 atom stereocenters. The fourth-order valence-electron chi connectivity index (χ4n) is 1.45. The minimum absolute atomic E-state index is 0.188. The Labute approximate surface area is 93.6 Å². The SMILES string of the molecule is O=C(CCC1=COCO1)CCC1=COCO1. The van der Waals surface area contributed by atoms with Crippen molar-refractivity contribution in [2.24, 2.45) is 0 Å². The number of hydrogen-bond acceptors (Lipinski definition) is 5. The van der Waals surface area contributed by atoms with Crippen LogP contribution in [0.3, 0.4) is 0 Å². The molecule has 0 aromatic heterocycles. The number of allylic oxidation sites excluding steroid dienone is 2. The lowest BCUT2D eigenvalue weighted by Gasteiger charge is -2.02. The first kappa shape index (κ1) is 10.9. The highest BCUT2D eigenvalue weighted by atomic mass is 16.7. The van der Waals surface area contributed by atoms with Crippen molar-refractivity contribution in [1.29, 1.82) is 0 Å². The van der Waals surface area contributed by atoms with Crippen LogP contribution in [0.1, 0.15) is 25.7 Å². The van der Waals surface area contributed by atoms with Crippen LogP contribution < -0.4 is 0 Å². The fraction of sp³-hybridized carbons (Fsp3) is 0.545. The van der Waals surface area contributed by atoms with Gasteiger partial charge in [0.15, 0.2) is 0 Å². The van der Waals surface area contributed by atoms with Crippen LogP contribution in [0.2, 0.25) is 0 Å². The van der Waals surface area contributed by atoms with E-state index in [1.807, 2.05) is 0 Å². The van der Waals surface area contributed by atoms with Crippen LogP contribution in [0, 0.1) is 0 Å². The topological polar surface area (TPSA) is 54.0 Å². The van der Waals surface area contributed by atoms with E-state index in [1.54, 1.807) is 12.5 Å². The molecule has 0 aromatic carbocycles. The third-order valence-corrected chi connectivity index (χ3v) is 2.35. The summed E-state index contributed by atoms with van der Waals surface area (Å²) < 4.78 is 20.0. The quantitative estimate of drug-likeness (QED) is 0.691. The van der Waals surface area contributed by atoms with Crippen molar-refractivity contribution in [1.82, 2.24) is 0 Å². The Bertz CT molecular complexity index is 288. The summed E-state index contributed by atoms with van der Waals surface area (Å²) >= 11 is 0. The number of ether oxygens (including phenoxy) is 4. The van der Waals surface area contributed by atoms with E-state index in [-0.39, 0.29) is 19.4 Å². The summed E-state index contributed by atoms with van der Waals surface area (Å²) in [7, 11) is 0. The van der Waals surface area contributed by atoms with E-state index in [1.165, 1.54) is 0 Å². The minimum atomic E-state index is 0.188. The van der Waals surface area contributed by atoms with Crippen LogP contribution in [-0.2, 0) is 23.7 Å². The maximum absolute atomic E-state index is 11.5. The van der Waals surface area contributed by atoms with Gasteiger partial charge in [0.05, 0.1) is 0 Å². The molecule has 0 N–H and O–H groups in total. The highest BCUT2D eigenvalue weighted by Crippen LogP contribution is 2.17. The first-order valence-electron chi connectivity index (χ1n) is 5.23. The van der Waals surface area contributed by atoms with Crippen LogP contribution in [0.15, 0.2) is 24.0 Å². The maximum Gasteiger partial charge on any atom is 0.229 e. The van der Waals surface area contributed by atoms with Crippen molar-refractivity contribution < 1.29 is 23.7 Å². The van der Waals surface area contributed by atoms with Crippen LogP contribution in [-0.4, -0.2) is 19.4 Å². The maximum atomic E-state index is 11.5. The van der Waals surface area contributed by atoms with Crippen LogP contribution in [0.4, 0.5) is 0 Å². The highest BCUT2D eigenvalue weighted by molar-refractivity contribution is 5.78. The summed E-state index contributed by atoms with van der Waals surface area (Å²) in [4.78, 5) is 11.5. The Hall–Kier alpha value is -1.65. The predicted molar refractivity (Wildman–Crippen MR) is 53.7 cm³/mol. The molecule has 0 saturated heterocycles. The molecular formula is C11H14O5. The Morgan fingerprint density at radius 2 is 1.50 bits per heavy atom. The monoisotopic (exact) mass is 226 g/mol. The van der Waals surface area contributed by atoms with E-state index in [0.29, 0.717) is 25.7 Å². The molecule has 88 valence electrons. The van der Waals surface area contributed by atoms with Gasteiger partial charge in [0.25, 0.3) is 0 Å². The van der Waals surface area contributed by atoms with Gasteiger partial charge >= 0.3 is 0 Å². The zero-order chi connectivity index (χ0) is 11.2. The van der Waals surface area contributed by atoms with Gasteiger partial charge in [-0.2, -0.15) is 0 Å². The Morgan fingerprint density at radius 3 is 1.88 bits per heavy atom. The summed E-state index contributed by atoms with van der Waals surface area (Å²) in [6, 6.07) is 0. The lowest BCUT2D eigenvalue weighted by Crippen LogP contribution is -2.00. The Morgan fingerprint density at radius 1 is 1.00 bits per heavy atom. The fourth-order valence-corrected chi connectivity index (χ4v) is 1.45. The zero-order valence-corrected chi connectivity index (χ0v) is 8.94. The van der Waals surface area contributed by atoms with Crippen molar-refractivity contribution in [3.63, 3.8) is 0 Å². The Balaban J connectivity index is 1.60. The van der Waals surface area contributed by atoms with E-state index >= 15 is 0 Å². The second kappa shape index (κ2) is 5.44. The molecule has 2 rings (SSSR count). The molecule has 0 unspecified atom stereocenters. The molecule has 0 saturated carbocycles. The van der Waals surface area contributed by atoms with Gasteiger partial charge in [0.1, 0.15) is 29.8 Å². The molecule has 0 fully saturated rings. The minimum Gasteiger partial charge on any atom is -0.462 e. The van der Waals surface area contributed by atoms with Gasteiger partial charge in [0, 0.05) is 25.7 Å². The third-order valence-electron chi connectivity index (χ3n) is 2.35. The number of carbonyl (C=O) groups excluding carboxylic acids is 1. The number of hydrogen-bond donors (Lipinski definition) is 0. The lowest BCUT2D eigenvalue weighted by molar-refractivity contribution is -0.119. The van der Waals surface area contributed by atoms with Gasteiger partial charge in [-0.1, -0.05) is 0 Å². The third kappa shape index (κ3) is 3.18. The summed E-state index contributed by atoms with van der Waals surface area (Å²) in [6.07, 6.45) is 5.28. The lowest BCUT2D eigenvalue weighted by atomic mass is 10.1. The number of carbonyl (C=O) groups is 1. The van der Waals surface area contributed by atoms with Gasteiger partial charge in [0.2, 0.25) is 13.6 Å². The summed E-state index contributed by atoms with van der Waals surface area (Å²) in [5.41, 5.74) is 0. The van der Waals surface area contributed by atoms with Crippen molar-refractivity contribution in [3.8, 4) is 0 Å². The summed E-state index contributed by atoms with van der Waals surface area (Å²) in [5.74, 6) is 1.67. The number of Topliss-reactive ketones (excluding diaryl/α,β-unsaturated/α-hetero) is 1. The van der Waals surface area contributed by atoms with Gasteiger partial charge in [-0.05, 0) is 0 Å². The summed E-state index contributed by atoms with van der Waals surface area (Å²) in [6.45, 7) is 0.531. The van der Waals surface area contributed by atoms with E-state index in [4.69, 9.17) is 18.9 Å². The largest absolute Gasteiger partial charge is 0.462 e. The molecule has 2 aliphatic rings.